The minimum absolute atomic E-state index is 0.213. The van der Waals surface area contributed by atoms with Crippen LogP contribution < -0.4 is 0 Å². The number of fused-ring (bicyclic) bond motifs is 2. The number of ketones is 1. The van der Waals surface area contributed by atoms with Crippen LogP contribution in [0.5, 0.6) is 0 Å². The van der Waals surface area contributed by atoms with Gasteiger partial charge < -0.3 is 4.74 Å². The molecule has 2 saturated heterocycles. The van der Waals surface area contributed by atoms with Crippen molar-refractivity contribution in [2.75, 3.05) is 20.3 Å². The van der Waals surface area contributed by atoms with E-state index in [0.29, 0.717) is 17.9 Å². The Kier molecular flexibility index (Phi) is 3.45. The fraction of sp³-hybridized carbons (Fsp3) is 0.769. The molecule has 2 bridgehead atoms. The molecule has 2 rings (SSSR count). The van der Waals surface area contributed by atoms with Gasteiger partial charge in [-0.1, -0.05) is 5.57 Å². The van der Waals surface area contributed by atoms with Gasteiger partial charge >= 0.3 is 0 Å². The first kappa shape index (κ1) is 11.8. The van der Waals surface area contributed by atoms with Gasteiger partial charge in [0.1, 0.15) is 0 Å². The molecule has 2 aliphatic rings. The number of hydrogen-bond donors (Lipinski definition) is 0. The van der Waals surface area contributed by atoms with Gasteiger partial charge in [-0.05, 0) is 39.8 Å². The first-order valence-corrected chi connectivity index (χ1v) is 6.06. The molecule has 90 valence electrons. The van der Waals surface area contributed by atoms with E-state index in [1.807, 2.05) is 13.8 Å². The Hall–Kier alpha value is -0.670. The Morgan fingerprint density at radius 2 is 1.81 bits per heavy atom. The fourth-order valence-electron chi connectivity index (χ4n) is 2.73. The highest BCUT2D eigenvalue weighted by Crippen LogP contribution is 2.31. The zero-order chi connectivity index (χ0) is 11.7. The molecular formula is C13H21NO2. The van der Waals surface area contributed by atoms with Gasteiger partial charge in [-0.25, -0.2) is 0 Å². The Bertz CT molecular complexity index is 293. The van der Waals surface area contributed by atoms with Crippen molar-refractivity contribution in [1.29, 1.82) is 0 Å². The summed E-state index contributed by atoms with van der Waals surface area (Å²) in [5.74, 6) is 0.523. The summed E-state index contributed by atoms with van der Waals surface area (Å²) in [4.78, 5) is 14.4. The number of hydrogen-bond acceptors (Lipinski definition) is 3. The number of allylic oxidation sites excluding steroid dienone is 2. The highest BCUT2D eigenvalue weighted by Gasteiger charge is 2.38. The molecule has 2 atom stereocenters. The summed E-state index contributed by atoms with van der Waals surface area (Å²) >= 11 is 0. The lowest BCUT2D eigenvalue weighted by atomic mass is 9.82. The molecule has 0 aromatic heterocycles. The number of carbonyl (C=O) groups excluding carboxylic acids is 1. The SMILES string of the molecule is CC(C)=CC(=O)C1CC2COCC(C1)N2C. The molecular weight excluding hydrogens is 202 g/mol. The molecule has 2 unspecified atom stereocenters. The normalized spacial score (nSPS) is 34.6. The molecule has 2 fully saturated rings. The average Bonchev–Trinajstić information content (AvgIpc) is 2.15. The van der Waals surface area contributed by atoms with E-state index >= 15 is 0 Å². The van der Waals surface area contributed by atoms with E-state index in [2.05, 4.69) is 11.9 Å². The monoisotopic (exact) mass is 223 g/mol. The van der Waals surface area contributed by atoms with Gasteiger partial charge in [0, 0.05) is 18.0 Å². The van der Waals surface area contributed by atoms with E-state index in [0.717, 1.165) is 31.6 Å². The van der Waals surface area contributed by atoms with Crippen LogP contribution in [0.3, 0.4) is 0 Å². The highest BCUT2D eigenvalue weighted by atomic mass is 16.5. The van der Waals surface area contributed by atoms with Crippen molar-refractivity contribution >= 4 is 5.78 Å². The summed E-state index contributed by atoms with van der Waals surface area (Å²) in [6, 6.07) is 0.874. The Balaban J connectivity index is 2.04. The van der Waals surface area contributed by atoms with Crippen LogP contribution >= 0.6 is 0 Å². The topological polar surface area (TPSA) is 29.5 Å². The number of morpholine rings is 1. The number of likely N-dealkylation sites (N-methyl/N-ethyl adjacent to an activating group) is 1. The lowest BCUT2D eigenvalue weighted by Gasteiger charge is -2.46. The van der Waals surface area contributed by atoms with Crippen molar-refractivity contribution in [2.45, 2.75) is 38.8 Å². The van der Waals surface area contributed by atoms with Gasteiger partial charge in [-0.15, -0.1) is 0 Å². The van der Waals surface area contributed by atoms with Gasteiger partial charge in [0.2, 0.25) is 0 Å². The molecule has 0 spiro atoms. The summed E-state index contributed by atoms with van der Waals surface area (Å²) in [5, 5.41) is 0. The maximum Gasteiger partial charge on any atom is 0.158 e. The van der Waals surface area contributed by atoms with Crippen LogP contribution in [0.4, 0.5) is 0 Å². The standard InChI is InChI=1S/C13H21NO2/c1-9(2)4-13(15)10-5-11-7-16-8-12(6-10)14(11)3/h4,10-12H,5-8H2,1-3H3. The summed E-state index contributed by atoms with van der Waals surface area (Å²) in [5.41, 5.74) is 1.10. The molecule has 0 radical (unpaired) electrons. The second kappa shape index (κ2) is 4.68. The third-order valence-electron chi connectivity index (χ3n) is 3.72. The summed E-state index contributed by atoms with van der Waals surface area (Å²) in [7, 11) is 2.15. The molecule has 2 heterocycles. The molecule has 0 aromatic rings. The minimum atomic E-state index is 0.213. The van der Waals surface area contributed by atoms with Gasteiger partial charge in [-0.3, -0.25) is 9.69 Å². The molecule has 0 N–H and O–H groups in total. The zero-order valence-electron chi connectivity index (χ0n) is 10.4. The highest BCUT2D eigenvalue weighted by molar-refractivity contribution is 5.92. The van der Waals surface area contributed by atoms with Crippen LogP contribution in [0, 0.1) is 5.92 Å². The fourth-order valence-corrected chi connectivity index (χ4v) is 2.73. The van der Waals surface area contributed by atoms with E-state index in [-0.39, 0.29) is 5.92 Å². The maximum absolute atomic E-state index is 12.0. The predicted molar refractivity (Wildman–Crippen MR) is 63.3 cm³/mol. The third kappa shape index (κ3) is 2.36. The zero-order valence-corrected chi connectivity index (χ0v) is 10.4. The molecule has 0 aliphatic carbocycles. The van der Waals surface area contributed by atoms with E-state index in [9.17, 15) is 4.79 Å². The van der Waals surface area contributed by atoms with Crippen molar-refractivity contribution in [3.8, 4) is 0 Å². The van der Waals surface area contributed by atoms with Crippen molar-refractivity contribution in [2.24, 2.45) is 5.92 Å². The lowest BCUT2D eigenvalue weighted by molar-refractivity contribution is -0.126. The summed E-state index contributed by atoms with van der Waals surface area (Å²) in [6.07, 6.45) is 3.71. The average molecular weight is 223 g/mol. The first-order chi connectivity index (χ1) is 7.58. The molecule has 0 aromatic carbocycles. The van der Waals surface area contributed by atoms with Crippen molar-refractivity contribution < 1.29 is 9.53 Å². The van der Waals surface area contributed by atoms with Crippen molar-refractivity contribution in [3.63, 3.8) is 0 Å². The van der Waals surface area contributed by atoms with E-state index in [1.165, 1.54) is 0 Å². The van der Waals surface area contributed by atoms with Crippen LogP contribution in [0.15, 0.2) is 11.6 Å². The number of carbonyl (C=O) groups is 1. The molecule has 2 aliphatic heterocycles. The van der Waals surface area contributed by atoms with E-state index in [4.69, 9.17) is 4.74 Å². The van der Waals surface area contributed by atoms with Crippen LogP contribution in [-0.2, 0) is 9.53 Å². The van der Waals surface area contributed by atoms with Gasteiger partial charge in [-0.2, -0.15) is 0 Å². The Morgan fingerprint density at radius 3 is 2.31 bits per heavy atom. The second-order valence-corrected chi connectivity index (χ2v) is 5.30. The Morgan fingerprint density at radius 1 is 1.25 bits per heavy atom. The molecule has 3 heteroatoms. The molecule has 16 heavy (non-hydrogen) atoms. The number of ether oxygens (including phenoxy) is 1. The molecule has 0 amide bonds. The van der Waals surface area contributed by atoms with E-state index < -0.39 is 0 Å². The third-order valence-corrected chi connectivity index (χ3v) is 3.72. The predicted octanol–water partition coefficient (Wildman–Crippen LogP) is 1.63. The Labute approximate surface area is 97.5 Å². The quantitative estimate of drug-likeness (QED) is 0.666. The first-order valence-electron chi connectivity index (χ1n) is 6.06. The summed E-state index contributed by atoms with van der Waals surface area (Å²) < 4.78 is 5.55. The van der Waals surface area contributed by atoms with Crippen LogP contribution in [0.25, 0.3) is 0 Å². The van der Waals surface area contributed by atoms with Crippen molar-refractivity contribution in [1.82, 2.24) is 4.90 Å². The van der Waals surface area contributed by atoms with Crippen LogP contribution in [0.1, 0.15) is 26.7 Å². The summed E-state index contributed by atoms with van der Waals surface area (Å²) in [6.45, 7) is 5.53. The second-order valence-electron chi connectivity index (χ2n) is 5.30. The molecule has 3 nitrogen and oxygen atoms in total. The number of piperidine rings is 1. The van der Waals surface area contributed by atoms with Crippen LogP contribution in [-0.4, -0.2) is 43.0 Å². The van der Waals surface area contributed by atoms with Gasteiger partial charge in [0.25, 0.3) is 0 Å². The lowest BCUT2D eigenvalue weighted by Crippen LogP contribution is -2.55. The van der Waals surface area contributed by atoms with Crippen LogP contribution in [0.2, 0.25) is 0 Å². The number of nitrogens with zero attached hydrogens (tertiary/aromatic N) is 1. The van der Waals surface area contributed by atoms with Gasteiger partial charge in [0.15, 0.2) is 5.78 Å². The van der Waals surface area contributed by atoms with E-state index in [1.54, 1.807) is 6.08 Å². The van der Waals surface area contributed by atoms with Gasteiger partial charge in [0.05, 0.1) is 13.2 Å². The maximum atomic E-state index is 12.0. The minimum Gasteiger partial charge on any atom is -0.378 e. The smallest absolute Gasteiger partial charge is 0.158 e. The largest absolute Gasteiger partial charge is 0.378 e. The molecule has 0 saturated carbocycles. The number of rotatable bonds is 2. The van der Waals surface area contributed by atoms with Crippen molar-refractivity contribution in [3.05, 3.63) is 11.6 Å².